The normalized spacial score (nSPS) is 11.6. The summed E-state index contributed by atoms with van der Waals surface area (Å²) in [5, 5.41) is 6.19. The Morgan fingerprint density at radius 3 is 2.28 bits per heavy atom. The van der Waals surface area contributed by atoms with Crippen molar-refractivity contribution in [3.05, 3.63) is 29.8 Å². The fourth-order valence-corrected chi connectivity index (χ4v) is 1.82. The van der Waals surface area contributed by atoms with Crippen LogP contribution < -0.4 is 15.4 Å². The van der Waals surface area contributed by atoms with Crippen LogP contribution in [0.15, 0.2) is 29.3 Å². The van der Waals surface area contributed by atoms with Crippen LogP contribution in [0, 0.1) is 0 Å². The standard InChI is InChI=1S/C16H24F3N3O2.HI/c1-3-23-11-4-9-21-15(20-2)22-10-12-24-14-7-5-13(6-8-14)16(17,18)19;/h5-8H,3-4,9-12H2,1-2H3,(H2,20,21,22);1H. The number of guanidine groups is 1. The third-order valence-electron chi connectivity index (χ3n) is 3.03. The molecule has 1 aromatic carbocycles. The van der Waals surface area contributed by atoms with Gasteiger partial charge in [-0.1, -0.05) is 0 Å². The van der Waals surface area contributed by atoms with E-state index in [-0.39, 0.29) is 24.0 Å². The molecule has 0 aromatic heterocycles. The zero-order chi connectivity index (χ0) is 17.8. The molecular formula is C16H25F3IN3O2. The maximum atomic E-state index is 12.4. The number of aliphatic imine (C=N–C) groups is 1. The van der Waals surface area contributed by atoms with Crippen molar-refractivity contribution < 1.29 is 22.6 Å². The van der Waals surface area contributed by atoms with E-state index >= 15 is 0 Å². The van der Waals surface area contributed by atoms with E-state index in [9.17, 15) is 13.2 Å². The van der Waals surface area contributed by atoms with E-state index in [2.05, 4.69) is 15.6 Å². The fraction of sp³-hybridized carbons (Fsp3) is 0.562. The van der Waals surface area contributed by atoms with Crippen molar-refractivity contribution in [2.24, 2.45) is 4.99 Å². The fourth-order valence-electron chi connectivity index (χ4n) is 1.82. The van der Waals surface area contributed by atoms with E-state index in [4.69, 9.17) is 9.47 Å². The van der Waals surface area contributed by atoms with Gasteiger partial charge in [-0.2, -0.15) is 13.2 Å². The molecule has 0 amide bonds. The van der Waals surface area contributed by atoms with Crippen LogP contribution >= 0.6 is 24.0 Å². The summed E-state index contributed by atoms with van der Waals surface area (Å²) >= 11 is 0. The van der Waals surface area contributed by atoms with Crippen molar-refractivity contribution in [2.45, 2.75) is 19.5 Å². The average molecular weight is 475 g/mol. The first-order valence-electron chi connectivity index (χ1n) is 7.79. The number of nitrogens with zero attached hydrogens (tertiary/aromatic N) is 1. The lowest BCUT2D eigenvalue weighted by Gasteiger charge is -2.13. The highest BCUT2D eigenvalue weighted by molar-refractivity contribution is 14.0. The smallest absolute Gasteiger partial charge is 0.416 e. The van der Waals surface area contributed by atoms with Gasteiger partial charge in [-0.05, 0) is 37.6 Å². The third-order valence-corrected chi connectivity index (χ3v) is 3.03. The van der Waals surface area contributed by atoms with Crippen LogP contribution in [0.3, 0.4) is 0 Å². The number of benzene rings is 1. The Morgan fingerprint density at radius 1 is 1.08 bits per heavy atom. The topological polar surface area (TPSA) is 54.9 Å². The SMILES string of the molecule is CCOCCCNC(=NC)NCCOc1ccc(C(F)(F)F)cc1.I. The second kappa shape index (κ2) is 13.0. The molecule has 9 heteroatoms. The van der Waals surface area contributed by atoms with E-state index in [1.807, 2.05) is 6.92 Å². The summed E-state index contributed by atoms with van der Waals surface area (Å²) in [6.45, 7) is 4.87. The van der Waals surface area contributed by atoms with Crippen molar-refractivity contribution in [1.82, 2.24) is 10.6 Å². The van der Waals surface area contributed by atoms with Crippen LogP contribution in [0.25, 0.3) is 0 Å². The summed E-state index contributed by atoms with van der Waals surface area (Å²) in [7, 11) is 1.66. The maximum absolute atomic E-state index is 12.4. The van der Waals surface area contributed by atoms with Crippen LogP contribution in [0.4, 0.5) is 13.2 Å². The average Bonchev–Trinajstić information content (AvgIpc) is 2.56. The second-order valence-corrected chi connectivity index (χ2v) is 4.85. The molecule has 5 nitrogen and oxygen atoms in total. The number of alkyl halides is 3. The molecule has 0 spiro atoms. The molecule has 144 valence electrons. The first-order chi connectivity index (χ1) is 11.5. The Morgan fingerprint density at radius 2 is 1.72 bits per heavy atom. The summed E-state index contributed by atoms with van der Waals surface area (Å²) in [4.78, 5) is 4.06. The highest BCUT2D eigenvalue weighted by Gasteiger charge is 2.29. The van der Waals surface area contributed by atoms with E-state index in [1.54, 1.807) is 7.05 Å². The predicted octanol–water partition coefficient (Wildman–Crippen LogP) is 3.29. The number of hydrogen-bond acceptors (Lipinski definition) is 3. The van der Waals surface area contributed by atoms with Gasteiger partial charge in [0, 0.05) is 26.8 Å². The van der Waals surface area contributed by atoms with Crippen molar-refractivity contribution in [2.75, 3.05) is 40.0 Å². The number of hydrogen-bond donors (Lipinski definition) is 2. The Labute approximate surface area is 163 Å². The molecule has 0 radical (unpaired) electrons. The van der Waals surface area contributed by atoms with Crippen LogP contribution in [0.2, 0.25) is 0 Å². The molecule has 0 unspecified atom stereocenters. The summed E-state index contributed by atoms with van der Waals surface area (Å²) in [6.07, 6.45) is -3.46. The second-order valence-electron chi connectivity index (χ2n) is 4.85. The lowest BCUT2D eigenvalue weighted by molar-refractivity contribution is -0.137. The Bertz CT molecular complexity index is 496. The van der Waals surface area contributed by atoms with Gasteiger partial charge < -0.3 is 20.1 Å². The summed E-state index contributed by atoms with van der Waals surface area (Å²) in [5.74, 6) is 1.03. The minimum atomic E-state index is -4.33. The summed E-state index contributed by atoms with van der Waals surface area (Å²) in [5.41, 5.74) is -0.690. The lowest BCUT2D eigenvalue weighted by Crippen LogP contribution is -2.39. The summed E-state index contributed by atoms with van der Waals surface area (Å²) < 4.78 is 48.0. The molecule has 2 N–H and O–H groups in total. The molecular weight excluding hydrogens is 450 g/mol. The molecule has 25 heavy (non-hydrogen) atoms. The minimum absolute atomic E-state index is 0. The first-order valence-corrected chi connectivity index (χ1v) is 7.79. The molecule has 1 rings (SSSR count). The Kier molecular flexibility index (Phi) is 12.4. The van der Waals surface area contributed by atoms with Gasteiger partial charge in [0.05, 0.1) is 12.1 Å². The van der Waals surface area contributed by atoms with Crippen LogP contribution in [-0.2, 0) is 10.9 Å². The monoisotopic (exact) mass is 475 g/mol. The number of ether oxygens (including phenoxy) is 2. The molecule has 1 aromatic rings. The van der Waals surface area contributed by atoms with E-state index < -0.39 is 11.7 Å². The number of rotatable bonds is 9. The largest absolute Gasteiger partial charge is 0.492 e. The van der Waals surface area contributed by atoms with Crippen molar-refractivity contribution >= 4 is 29.9 Å². The van der Waals surface area contributed by atoms with E-state index in [1.165, 1.54) is 12.1 Å². The molecule has 0 atom stereocenters. The first kappa shape index (κ1) is 23.8. The summed E-state index contributed by atoms with van der Waals surface area (Å²) in [6, 6.07) is 4.62. The highest BCUT2D eigenvalue weighted by atomic mass is 127. The minimum Gasteiger partial charge on any atom is -0.492 e. The van der Waals surface area contributed by atoms with Crippen LogP contribution in [0.5, 0.6) is 5.75 Å². The van der Waals surface area contributed by atoms with Gasteiger partial charge in [0.15, 0.2) is 5.96 Å². The third kappa shape index (κ3) is 10.4. The van der Waals surface area contributed by atoms with Gasteiger partial charge in [0.1, 0.15) is 12.4 Å². The Hall–Kier alpha value is -1.23. The molecule has 0 aliphatic carbocycles. The quantitative estimate of drug-likeness (QED) is 0.249. The van der Waals surface area contributed by atoms with Gasteiger partial charge in [-0.3, -0.25) is 4.99 Å². The molecule has 0 heterocycles. The lowest BCUT2D eigenvalue weighted by atomic mass is 10.2. The van der Waals surface area contributed by atoms with Crippen molar-refractivity contribution in [3.8, 4) is 5.75 Å². The maximum Gasteiger partial charge on any atom is 0.416 e. The molecule has 0 aliphatic rings. The molecule has 0 fully saturated rings. The molecule has 0 aliphatic heterocycles. The Balaban J connectivity index is 0.00000576. The van der Waals surface area contributed by atoms with Gasteiger partial charge in [0.2, 0.25) is 0 Å². The van der Waals surface area contributed by atoms with Crippen LogP contribution in [0.1, 0.15) is 18.9 Å². The van der Waals surface area contributed by atoms with Crippen molar-refractivity contribution in [1.29, 1.82) is 0 Å². The molecule has 0 saturated carbocycles. The number of nitrogens with one attached hydrogen (secondary N) is 2. The highest BCUT2D eigenvalue weighted by Crippen LogP contribution is 2.30. The molecule has 0 bridgehead atoms. The predicted molar refractivity (Wildman–Crippen MR) is 103 cm³/mol. The van der Waals surface area contributed by atoms with Gasteiger partial charge >= 0.3 is 6.18 Å². The molecule has 0 saturated heterocycles. The van der Waals surface area contributed by atoms with E-state index in [0.717, 1.165) is 25.1 Å². The van der Waals surface area contributed by atoms with Gasteiger partial charge in [-0.15, -0.1) is 24.0 Å². The van der Waals surface area contributed by atoms with E-state index in [0.29, 0.717) is 38.1 Å². The van der Waals surface area contributed by atoms with Crippen LogP contribution in [-0.4, -0.2) is 45.9 Å². The van der Waals surface area contributed by atoms with Gasteiger partial charge in [-0.25, -0.2) is 0 Å². The zero-order valence-electron chi connectivity index (χ0n) is 14.4. The van der Waals surface area contributed by atoms with Crippen molar-refractivity contribution in [3.63, 3.8) is 0 Å². The van der Waals surface area contributed by atoms with Gasteiger partial charge in [0.25, 0.3) is 0 Å². The number of halogens is 4. The zero-order valence-corrected chi connectivity index (χ0v) is 16.7.